The highest BCUT2D eigenvalue weighted by molar-refractivity contribution is 7.22. The highest BCUT2D eigenvalue weighted by Crippen LogP contribution is 2.29. The molecule has 1 fully saturated rings. The maximum absolute atomic E-state index is 12.5. The lowest BCUT2D eigenvalue weighted by molar-refractivity contribution is 0.0532. The molecule has 0 amide bonds. The van der Waals surface area contributed by atoms with Crippen LogP contribution in [0.1, 0.15) is 23.9 Å². The van der Waals surface area contributed by atoms with Crippen LogP contribution in [-0.2, 0) is 11.3 Å². The number of benzene rings is 1. The Morgan fingerprint density at radius 3 is 2.93 bits per heavy atom. The molecule has 3 aromatic rings. The third kappa shape index (κ3) is 3.47. The molecule has 1 aliphatic rings. The number of hydrogen-bond acceptors (Lipinski definition) is 6. The van der Waals surface area contributed by atoms with E-state index in [0.717, 1.165) is 34.4 Å². The molecule has 4 rings (SSSR count). The quantitative estimate of drug-likeness (QED) is 0.669. The minimum Gasteiger partial charge on any atom is -0.375 e. The second-order valence-electron chi connectivity index (χ2n) is 6.85. The highest BCUT2D eigenvalue weighted by Gasteiger charge is 2.22. The minimum absolute atomic E-state index is 0.151. The highest BCUT2D eigenvalue weighted by atomic mass is 35.5. The van der Waals surface area contributed by atoms with Crippen LogP contribution in [0, 0.1) is 13.8 Å². The number of anilines is 1. The summed E-state index contributed by atoms with van der Waals surface area (Å²) in [5, 5.41) is 1.58. The summed E-state index contributed by atoms with van der Waals surface area (Å²) in [6.07, 6.45) is 0.151. The van der Waals surface area contributed by atoms with Crippen molar-refractivity contribution in [1.29, 1.82) is 0 Å². The van der Waals surface area contributed by atoms with Gasteiger partial charge in [0.25, 0.3) is 5.56 Å². The SMILES string of the molecule is Cc1c(Cl)cccc1Cn1c(C)nc(=O)c2sc(N3CCOC(C)C3)nc21. The first-order valence-electron chi connectivity index (χ1n) is 8.92. The minimum atomic E-state index is -0.216. The van der Waals surface area contributed by atoms with Crippen molar-refractivity contribution in [3.8, 4) is 0 Å². The van der Waals surface area contributed by atoms with Crippen LogP contribution in [0.2, 0.25) is 5.02 Å². The molecule has 0 bridgehead atoms. The van der Waals surface area contributed by atoms with E-state index in [1.807, 2.05) is 43.5 Å². The molecule has 1 aromatic carbocycles. The van der Waals surface area contributed by atoms with Crippen LogP contribution >= 0.6 is 22.9 Å². The third-order valence-electron chi connectivity index (χ3n) is 4.92. The summed E-state index contributed by atoms with van der Waals surface area (Å²) in [5.74, 6) is 0.652. The molecule has 1 atom stereocenters. The van der Waals surface area contributed by atoms with E-state index >= 15 is 0 Å². The normalized spacial score (nSPS) is 17.6. The average Bonchev–Trinajstić information content (AvgIpc) is 3.08. The first-order chi connectivity index (χ1) is 12.9. The van der Waals surface area contributed by atoms with Gasteiger partial charge in [0, 0.05) is 18.1 Å². The molecule has 1 unspecified atom stereocenters. The molecule has 6 nitrogen and oxygen atoms in total. The lowest BCUT2D eigenvalue weighted by atomic mass is 10.1. The van der Waals surface area contributed by atoms with E-state index in [4.69, 9.17) is 21.3 Å². The van der Waals surface area contributed by atoms with E-state index in [9.17, 15) is 4.79 Å². The Morgan fingerprint density at radius 1 is 1.33 bits per heavy atom. The zero-order valence-corrected chi connectivity index (χ0v) is 17.1. The fourth-order valence-electron chi connectivity index (χ4n) is 3.35. The van der Waals surface area contributed by atoms with Gasteiger partial charge >= 0.3 is 0 Å². The number of ether oxygens (including phenoxy) is 1. The molecule has 142 valence electrons. The van der Waals surface area contributed by atoms with E-state index in [0.29, 0.717) is 29.3 Å². The Morgan fingerprint density at radius 2 is 2.15 bits per heavy atom. The van der Waals surface area contributed by atoms with Crippen molar-refractivity contribution in [2.45, 2.75) is 33.4 Å². The van der Waals surface area contributed by atoms with Crippen LogP contribution in [0.5, 0.6) is 0 Å². The van der Waals surface area contributed by atoms with Gasteiger partial charge in [-0.05, 0) is 38.0 Å². The molecule has 1 saturated heterocycles. The van der Waals surface area contributed by atoms with Gasteiger partial charge in [-0.25, -0.2) is 4.98 Å². The van der Waals surface area contributed by atoms with Gasteiger partial charge < -0.3 is 14.2 Å². The van der Waals surface area contributed by atoms with Crippen molar-refractivity contribution >= 4 is 38.4 Å². The molecule has 0 spiro atoms. The largest absolute Gasteiger partial charge is 0.375 e. The van der Waals surface area contributed by atoms with E-state index in [2.05, 4.69) is 9.88 Å². The Bertz CT molecular complexity index is 1060. The van der Waals surface area contributed by atoms with Gasteiger partial charge in [0.1, 0.15) is 10.5 Å². The smallest absolute Gasteiger partial charge is 0.292 e. The second-order valence-corrected chi connectivity index (χ2v) is 8.24. The van der Waals surface area contributed by atoms with Gasteiger partial charge in [0.2, 0.25) is 0 Å². The Kier molecular flexibility index (Phi) is 4.92. The monoisotopic (exact) mass is 404 g/mol. The van der Waals surface area contributed by atoms with Crippen molar-refractivity contribution in [2.75, 3.05) is 24.6 Å². The number of thiazole rings is 1. The first-order valence-corrected chi connectivity index (χ1v) is 10.1. The van der Waals surface area contributed by atoms with Crippen molar-refractivity contribution in [3.05, 3.63) is 50.5 Å². The van der Waals surface area contributed by atoms with Crippen LogP contribution in [0.15, 0.2) is 23.0 Å². The summed E-state index contributed by atoms with van der Waals surface area (Å²) in [4.78, 5) is 23.7. The molecule has 1 aliphatic heterocycles. The first kappa shape index (κ1) is 18.4. The second kappa shape index (κ2) is 7.22. The number of halogens is 1. The van der Waals surface area contributed by atoms with E-state index in [1.165, 1.54) is 11.3 Å². The number of nitrogens with zero attached hydrogens (tertiary/aromatic N) is 4. The molecule has 0 radical (unpaired) electrons. The topological polar surface area (TPSA) is 60.2 Å². The number of aromatic nitrogens is 3. The van der Waals surface area contributed by atoms with Crippen molar-refractivity contribution in [2.24, 2.45) is 0 Å². The molecule has 0 aliphatic carbocycles. The lowest BCUT2D eigenvalue weighted by Crippen LogP contribution is -2.41. The summed E-state index contributed by atoms with van der Waals surface area (Å²) in [6.45, 7) is 8.68. The van der Waals surface area contributed by atoms with Crippen LogP contribution in [-0.4, -0.2) is 40.3 Å². The average molecular weight is 405 g/mol. The van der Waals surface area contributed by atoms with Crippen molar-refractivity contribution in [1.82, 2.24) is 14.5 Å². The predicted octanol–water partition coefficient (Wildman–Crippen LogP) is 3.40. The summed E-state index contributed by atoms with van der Waals surface area (Å²) < 4.78 is 8.21. The van der Waals surface area contributed by atoms with Crippen molar-refractivity contribution in [3.63, 3.8) is 0 Å². The summed E-state index contributed by atoms with van der Waals surface area (Å²) in [5.41, 5.74) is 2.59. The van der Waals surface area contributed by atoms with Crippen LogP contribution in [0.4, 0.5) is 5.13 Å². The summed E-state index contributed by atoms with van der Waals surface area (Å²) >= 11 is 7.69. The summed E-state index contributed by atoms with van der Waals surface area (Å²) in [6, 6.07) is 5.86. The van der Waals surface area contributed by atoms with Crippen LogP contribution in [0.25, 0.3) is 10.3 Å². The van der Waals surface area contributed by atoms with Gasteiger partial charge in [-0.2, -0.15) is 4.98 Å². The standard InChI is InChI=1S/C19H21ClN4O2S/c1-11-9-23(7-8-26-11)19-22-17-16(27-19)18(25)21-13(3)24(17)10-14-5-4-6-15(20)12(14)2/h4-6,11H,7-10H2,1-3H3. The number of morpholine rings is 1. The fourth-order valence-corrected chi connectivity index (χ4v) is 4.53. The maximum atomic E-state index is 12.5. The molecule has 0 saturated carbocycles. The zero-order chi connectivity index (χ0) is 19.1. The number of rotatable bonds is 3. The van der Waals surface area contributed by atoms with E-state index < -0.39 is 0 Å². The van der Waals surface area contributed by atoms with E-state index in [1.54, 1.807) is 0 Å². The Labute approximate surface area is 166 Å². The molecular formula is C19H21ClN4O2S. The fraction of sp³-hybridized carbons (Fsp3) is 0.421. The molecule has 2 aromatic heterocycles. The third-order valence-corrected chi connectivity index (χ3v) is 6.42. The zero-order valence-electron chi connectivity index (χ0n) is 15.5. The Hall–Kier alpha value is -1.96. The molecule has 3 heterocycles. The molecule has 8 heteroatoms. The van der Waals surface area contributed by atoms with E-state index in [-0.39, 0.29) is 11.7 Å². The Balaban J connectivity index is 1.80. The molecule has 0 N–H and O–H groups in total. The number of aryl methyl sites for hydroxylation is 1. The molecule has 27 heavy (non-hydrogen) atoms. The maximum Gasteiger partial charge on any atom is 0.292 e. The van der Waals surface area contributed by atoms with Crippen LogP contribution in [0.3, 0.4) is 0 Å². The van der Waals surface area contributed by atoms with Gasteiger partial charge in [-0.3, -0.25) is 4.79 Å². The van der Waals surface area contributed by atoms with Crippen molar-refractivity contribution < 1.29 is 4.74 Å². The lowest BCUT2D eigenvalue weighted by Gasteiger charge is -2.30. The van der Waals surface area contributed by atoms with Gasteiger partial charge in [0.15, 0.2) is 10.8 Å². The summed E-state index contributed by atoms with van der Waals surface area (Å²) in [7, 11) is 0. The van der Waals surface area contributed by atoms with Crippen LogP contribution < -0.4 is 10.5 Å². The predicted molar refractivity (Wildman–Crippen MR) is 109 cm³/mol. The van der Waals surface area contributed by atoms with Gasteiger partial charge in [0.05, 0.1) is 19.3 Å². The van der Waals surface area contributed by atoms with Gasteiger partial charge in [-0.15, -0.1) is 0 Å². The number of fused-ring (bicyclic) bond motifs is 1. The number of hydrogen-bond donors (Lipinski definition) is 0. The molecular weight excluding hydrogens is 384 g/mol. The van der Waals surface area contributed by atoms with Gasteiger partial charge in [-0.1, -0.05) is 35.1 Å².